The second-order valence-electron chi connectivity index (χ2n) is 6.74. The third kappa shape index (κ3) is 4.81. The predicted octanol–water partition coefficient (Wildman–Crippen LogP) is 3.65. The lowest BCUT2D eigenvalue weighted by atomic mass is 9.96. The molecule has 0 bridgehead atoms. The molecule has 2 aromatic rings. The Morgan fingerprint density at radius 2 is 2.08 bits per heavy atom. The van der Waals surface area contributed by atoms with Gasteiger partial charge in [-0.15, -0.1) is 0 Å². The molecule has 0 saturated heterocycles. The quantitative estimate of drug-likeness (QED) is 0.874. The largest absolute Gasteiger partial charge is 0.492 e. The van der Waals surface area contributed by atoms with Gasteiger partial charge in [0.25, 0.3) is 0 Å². The van der Waals surface area contributed by atoms with Crippen molar-refractivity contribution < 1.29 is 14.1 Å². The van der Waals surface area contributed by atoms with Crippen LogP contribution in [0.4, 0.5) is 5.69 Å². The standard InChI is InChI=1S/C18H25N3O3/c1-6-23-14-11-12(2)7-8-13(14)19-15(22)9-10-16-20-17(21-24-16)18(3,4)5/h7-8,11H,6,9-10H2,1-5H3,(H,19,22). The third-order valence-electron chi connectivity index (χ3n) is 3.42. The maximum atomic E-state index is 12.2. The molecule has 2 rings (SSSR count). The molecular weight excluding hydrogens is 306 g/mol. The Labute approximate surface area is 142 Å². The van der Waals surface area contributed by atoms with Crippen LogP contribution in [0.2, 0.25) is 0 Å². The summed E-state index contributed by atoms with van der Waals surface area (Å²) in [7, 11) is 0. The van der Waals surface area contributed by atoms with Crippen LogP contribution in [0.3, 0.4) is 0 Å². The van der Waals surface area contributed by atoms with Gasteiger partial charge >= 0.3 is 0 Å². The van der Waals surface area contributed by atoms with E-state index in [2.05, 4.69) is 15.5 Å². The summed E-state index contributed by atoms with van der Waals surface area (Å²) in [4.78, 5) is 16.5. The monoisotopic (exact) mass is 331 g/mol. The fraction of sp³-hybridized carbons (Fsp3) is 0.500. The Balaban J connectivity index is 1.95. The summed E-state index contributed by atoms with van der Waals surface area (Å²) in [6, 6.07) is 5.70. The van der Waals surface area contributed by atoms with Gasteiger partial charge in [0.15, 0.2) is 5.82 Å². The molecule has 0 atom stereocenters. The van der Waals surface area contributed by atoms with E-state index in [1.54, 1.807) is 0 Å². The number of amides is 1. The second-order valence-corrected chi connectivity index (χ2v) is 6.74. The smallest absolute Gasteiger partial charge is 0.227 e. The lowest BCUT2D eigenvalue weighted by molar-refractivity contribution is -0.116. The number of carbonyl (C=O) groups excluding carboxylic acids is 1. The van der Waals surface area contributed by atoms with Crippen LogP contribution < -0.4 is 10.1 Å². The van der Waals surface area contributed by atoms with Crippen molar-refractivity contribution >= 4 is 11.6 Å². The van der Waals surface area contributed by atoms with Crippen molar-refractivity contribution in [3.8, 4) is 5.75 Å². The van der Waals surface area contributed by atoms with Crippen LogP contribution in [0.5, 0.6) is 5.75 Å². The molecule has 24 heavy (non-hydrogen) atoms. The number of aromatic nitrogens is 2. The van der Waals surface area contributed by atoms with E-state index in [1.165, 1.54) is 0 Å². The number of hydrogen-bond acceptors (Lipinski definition) is 5. The van der Waals surface area contributed by atoms with Crippen LogP contribution in [-0.4, -0.2) is 22.7 Å². The lowest BCUT2D eigenvalue weighted by Crippen LogP contribution is -2.14. The summed E-state index contributed by atoms with van der Waals surface area (Å²) >= 11 is 0. The molecule has 0 aliphatic heterocycles. The van der Waals surface area contributed by atoms with Gasteiger partial charge in [0.1, 0.15) is 5.75 Å². The molecule has 0 spiro atoms. The number of nitrogens with one attached hydrogen (secondary N) is 1. The second kappa shape index (κ2) is 7.47. The van der Waals surface area contributed by atoms with Crippen LogP contribution in [0, 0.1) is 6.92 Å². The van der Waals surface area contributed by atoms with E-state index in [4.69, 9.17) is 9.26 Å². The molecule has 1 heterocycles. The first-order valence-electron chi connectivity index (χ1n) is 8.16. The predicted molar refractivity (Wildman–Crippen MR) is 92.3 cm³/mol. The van der Waals surface area contributed by atoms with Gasteiger partial charge < -0.3 is 14.6 Å². The van der Waals surface area contributed by atoms with Gasteiger partial charge in [-0.25, -0.2) is 0 Å². The van der Waals surface area contributed by atoms with Gasteiger partial charge in [0.2, 0.25) is 11.8 Å². The first-order valence-corrected chi connectivity index (χ1v) is 8.16. The van der Waals surface area contributed by atoms with Crippen molar-refractivity contribution in [3.05, 3.63) is 35.5 Å². The average molecular weight is 331 g/mol. The molecule has 0 radical (unpaired) electrons. The van der Waals surface area contributed by atoms with E-state index in [0.29, 0.717) is 36.2 Å². The summed E-state index contributed by atoms with van der Waals surface area (Å²) in [5.41, 5.74) is 1.59. The highest BCUT2D eigenvalue weighted by Gasteiger charge is 2.21. The topological polar surface area (TPSA) is 77.2 Å². The molecule has 1 amide bonds. The maximum Gasteiger partial charge on any atom is 0.227 e. The highest BCUT2D eigenvalue weighted by Crippen LogP contribution is 2.26. The molecule has 1 aromatic carbocycles. The van der Waals surface area contributed by atoms with Gasteiger partial charge in [0, 0.05) is 18.3 Å². The number of aryl methyl sites for hydroxylation is 2. The van der Waals surface area contributed by atoms with Crippen molar-refractivity contribution in [2.24, 2.45) is 0 Å². The molecule has 1 N–H and O–H groups in total. The van der Waals surface area contributed by atoms with E-state index < -0.39 is 0 Å². The minimum atomic E-state index is -0.168. The van der Waals surface area contributed by atoms with Gasteiger partial charge in [-0.2, -0.15) is 4.98 Å². The van der Waals surface area contributed by atoms with Gasteiger partial charge in [-0.1, -0.05) is 32.0 Å². The van der Waals surface area contributed by atoms with E-state index >= 15 is 0 Å². The maximum absolute atomic E-state index is 12.2. The number of rotatable bonds is 6. The summed E-state index contributed by atoms with van der Waals surface area (Å²) < 4.78 is 10.8. The number of benzene rings is 1. The summed E-state index contributed by atoms with van der Waals surface area (Å²) in [6.45, 7) is 10.5. The third-order valence-corrected chi connectivity index (χ3v) is 3.42. The van der Waals surface area contributed by atoms with Crippen molar-refractivity contribution in [2.75, 3.05) is 11.9 Å². The van der Waals surface area contributed by atoms with Gasteiger partial charge in [-0.3, -0.25) is 4.79 Å². The minimum absolute atomic E-state index is 0.115. The van der Waals surface area contributed by atoms with Gasteiger partial charge in [-0.05, 0) is 31.5 Å². The zero-order chi connectivity index (χ0) is 17.7. The van der Waals surface area contributed by atoms with Crippen LogP contribution in [-0.2, 0) is 16.6 Å². The fourth-order valence-electron chi connectivity index (χ4n) is 2.10. The number of ether oxygens (including phenoxy) is 1. The van der Waals surface area contributed by atoms with Crippen LogP contribution in [0.25, 0.3) is 0 Å². The number of nitrogens with zero attached hydrogens (tertiary/aromatic N) is 2. The molecule has 0 aliphatic carbocycles. The van der Waals surface area contributed by atoms with Crippen molar-refractivity contribution in [1.29, 1.82) is 0 Å². The van der Waals surface area contributed by atoms with E-state index in [-0.39, 0.29) is 17.7 Å². The summed E-state index contributed by atoms with van der Waals surface area (Å²) in [5.74, 6) is 1.69. The zero-order valence-corrected chi connectivity index (χ0v) is 15.0. The fourth-order valence-corrected chi connectivity index (χ4v) is 2.10. The molecule has 130 valence electrons. The summed E-state index contributed by atoms with van der Waals surface area (Å²) in [5, 5.41) is 6.84. The first kappa shape index (κ1) is 18.0. The van der Waals surface area contributed by atoms with E-state index in [1.807, 2.05) is 52.8 Å². The molecule has 0 unspecified atom stereocenters. The number of anilines is 1. The van der Waals surface area contributed by atoms with E-state index in [9.17, 15) is 4.79 Å². The minimum Gasteiger partial charge on any atom is -0.492 e. The van der Waals surface area contributed by atoms with E-state index in [0.717, 1.165) is 5.56 Å². The Kier molecular flexibility index (Phi) is 5.59. The molecule has 0 aliphatic rings. The Morgan fingerprint density at radius 1 is 1.33 bits per heavy atom. The van der Waals surface area contributed by atoms with Crippen molar-refractivity contribution in [1.82, 2.24) is 10.1 Å². The van der Waals surface area contributed by atoms with Crippen LogP contribution in [0.15, 0.2) is 22.7 Å². The first-order chi connectivity index (χ1) is 11.3. The summed E-state index contributed by atoms with van der Waals surface area (Å²) in [6.07, 6.45) is 0.677. The van der Waals surface area contributed by atoms with Gasteiger partial charge in [0.05, 0.1) is 12.3 Å². The molecule has 0 fully saturated rings. The van der Waals surface area contributed by atoms with Crippen LogP contribution in [0.1, 0.15) is 51.4 Å². The number of carbonyl (C=O) groups is 1. The Bertz CT molecular complexity index is 702. The highest BCUT2D eigenvalue weighted by atomic mass is 16.5. The Morgan fingerprint density at radius 3 is 2.71 bits per heavy atom. The average Bonchev–Trinajstić information content (AvgIpc) is 2.97. The van der Waals surface area contributed by atoms with Crippen molar-refractivity contribution in [3.63, 3.8) is 0 Å². The lowest BCUT2D eigenvalue weighted by Gasteiger charge is -2.12. The number of hydrogen-bond donors (Lipinski definition) is 1. The normalized spacial score (nSPS) is 11.4. The molecule has 6 nitrogen and oxygen atoms in total. The molecular formula is C18H25N3O3. The highest BCUT2D eigenvalue weighted by molar-refractivity contribution is 5.92. The Hall–Kier alpha value is -2.37. The zero-order valence-electron chi connectivity index (χ0n) is 15.0. The molecule has 1 aromatic heterocycles. The molecule has 0 saturated carbocycles. The SMILES string of the molecule is CCOc1cc(C)ccc1NC(=O)CCc1nc(C(C)(C)C)no1. The van der Waals surface area contributed by atoms with Crippen molar-refractivity contribution in [2.45, 2.75) is 52.9 Å². The van der Waals surface area contributed by atoms with Crippen LogP contribution >= 0.6 is 0 Å². The molecule has 6 heteroatoms.